The van der Waals surface area contributed by atoms with Crippen molar-refractivity contribution < 1.29 is 9.53 Å². The van der Waals surface area contributed by atoms with Crippen LogP contribution >= 0.6 is 11.6 Å². The number of hydrogen-bond acceptors (Lipinski definition) is 2. The minimum Gasteiger partial charge on any atom is -0.479 e. The van der Waals surface area contributed by atoms with Crippen LogP contribution in [0.2, 0.25) is 5.02 Å². The third kappa shape index (κ3) is 6.06. The van der Waals surface area contributed by atoms with Gasteiger partial charge < -0.3 is 4.74 Å². The topological polar surface area (TPSA) is 50.1 Å². The van der Waals surface area contributed by atoms with Crippen LogP contribution < -0.4 is 10.5 Å². The van der Waals surface area contributed by atoms with Crippen LogP contribution in [-0.2, 0) is 10.2 Å². The summed E-state index contributed by atoms with van der Waals surface area (Å²) in [7, 11) is 0. The average molecular weight is 339 g/mol. The number of halogens is 1. The molecule has 0 aliphatic heterocycles. The maximum Gasteiger partial charge on any atom is 0.279 e. The first-order valence-corrected chi connectivity index (χ1v) is 8.91. The van der Waals surface area contributed by atoms with Crippen LogP contribution in [0.1, 0.15) is 71.8 Å². The van der Waals surface area contributed by atoms with E-state index in [1.54, 1.807) is 0 Å². The molecule has 0 heterocycles. The maximum absolute atomic E-state index is 11.5. The number of carbonyl (C=O) groups is 1. The zero-order valence-electron chi connectivity index (χ0n) is 14.7. The monoisotopic (exact) mass is 338 g/mol. The van der Waals surface area contributed by atoms with Gasteiger partial charge in [0.05, 0.1) is 5.02 Å². The summed E-state index contributed by atoms with van der Waals surface area (Å²) < 4.78 is 5.72. The second-order valence-electron chi connectivity index (χ2n) is 6.70. The van der Waals surface area contributed by atoms with Crippen LogP contribution in [0.3, 0.4) is 0 Å². The van der Waals surface area contributed by atoms with Gasteiger partial charge in [-0.25, -0.2) is 0 Å². The molecule has 1 rings (SSSR count). The molecular weight excluding hydrogens is 310 g/mol. The highest BCUT2D eigenvalue weighted by molar-refractivity contribution is 6.32. The quantitative estimate of drug-likeness (QED) is 0.525. The summed E-state index contributed by atoms with van der Waals surface area (Å²) in [5, 5.41) is 0.504. The second kappa shape index (κ2) is 9.17. The van der Waals surface area contributed by atoms with Crippen LogP contribution in [0.5, 0.6) is 5.75 Å². The largest absolute Gasteiger partial charge is 0.479 e. The van der Waals surface area contributed by atoms with Crippen LogP contribution in [0.25, 0.3) is 0 Å². The number of rotatable bonds is 10. The number of nitrogens with one attached hydrogen (secondary N) is 1. The smallest absolute Gasteiger partial charge is 0.279 e. The number of amides is 1. The summed E-state index contributed by atoms with van der Waals surface area (Å²) in [5.74, 6) is -0.195. The lowest BCUT2D eigenvalue weighted by Crippen LogP contribution is -2.28. The Labute approximate surface area is 145 Å². The maximum atomic E-state index is 11.5. The standard InChI is InChI=1S/C19H29ClNO2/c1-5-7-8-9-10-17(18(21)22)23-16-12-11-14(13-15(16)20)19(3,4)6-2/h11-13,17,21H,5-10H2,1-4H3. The highest BCUT2D eigenvalue weighted by Crippen LogP contribution is 2.34. The van der Waals surface area contributed by atoms with Gasteiger partial charge in [-0.05, 0) is 42.4 Å². The van der Waals surface area contributed by atoms with Crippen molar-refractivity contribution >= 4 is 17.5 Å². The molecular formula is C19H29ClNO2. The normalized spacial score (nSPS) is 12.9. The van der Waals surface area contributed by atoms with Gasteiger partial charge in [-0.2, -0.15) is 0 Å². The van der Waals surface area contributed by atoms with E-state index >= 15 is 0 Å². The van der Waals surface area contributed by atoms with Crippen molar-refractivity contribution in [2.45, 2.75) is 77.7 Å². The number of benzene rings is 1. The highest BCUT2D eigenvalue weighted by atomic mass is 35.5. The number of ether oxygens (including phenoxy) is 1. The summed E-state index contributed by atoms with van der Waals surface area (Å²) in [6, 6.07) is 5.72. The average Bonchev–Trinajstić information content (AvgIpc) is 2.51. The van der Waals surface area contributed by atoms with E-state index in [1.807, 2.05) is 18.2 Å². The van der Waals surface area contributed by atoms with Crippen molar-refractivity contribution in [1.82, 2.24) is 5.73 Å². The molecule has 0 fully saturated rings. The minimum atomic E-state index is -0.727. The van der Waals surface area contributed by atoms with Gasteiger partial charge >= 0.3 is 0 Å². The molecule has 0 aliphatic carbocycles. The summed E-state index contributed by atoms with van der Waals surface area (Å²) in [6.45, 7) is 8.62. The first-order chi connectivity index (χ1) is 10.8. The zero-order valence-corrected chi connectivity index (χ0v) is 15.5. The summed E-state index contributed by atoms with van der Waals surface area (Å²) in [6.07, 6.45) is 5.08. The number of hydrogen-bond donors (Lipinski definition) is 0. The Balaban J connectivity index is 2.79. The third-order valence-corrected chi connectivity index (χ3v) is 4.77. The van der Waals surface area contributed by atoms with E-state index in [9.17, 15) is 4.79 Å². The van der Waals surface area contributed by atoms with E-state index < -0.39 is 12.0 Å². The van der Waals surface area contributed by atoms with Crippen LogP contribution in [0.15, 0.2) is 18.2 Å². The van der Waals surface area contributed by atoms with Crippen LogP contribution in [0.4, 0.5) is 0 Å². The van der Waals surface area contributed by atoms with Crippen molar-refractivity contribution in [3.63, 3.8) is 0 Å². The Hall–Kier alpha value is -1.22. The van der Waals surface area contributed by atoms with Gasteiger partial charge in [-0.3, -0.25) is 10.5 Å². The van der Waals surface area contributed by atoms with Gasteiger partial charge in [-0.15, -0.1) is 0 Å². The molecule has 23 heavy (non-hydrogen) atoms. The fourth-order valence-corrected chi connectivity index (χ4v) is 2.60. The number of unbranched alkanes of at least 4 members (excludes halogenated alkanes) is 3. The molecule has 1 unspecified atom stereocenters. The van der Waals surface area contributed by atoms with Crippen molar-refractivity contribution in [1.29, 1.82) is 0 Å². The first-order valence-electron chi connectivity index (χ1n) is 8.54. The Morgan fingerprint density at radius 2 is 1.96 bits per heavy atom. The molecule has 129 valence electrons. The van der Waals surface area contributed by atoms with E-state index in [0.717, 1.165) is 37.7 Å². The number of carbonyl (C=O) groups excluding carboxylic acids is 1. The summed E-state index contributed by atoms with van der Waals surface area (Å²) >= 11 is 6.33. The van der Waals surface area contributed by atoms with E-state index in [0.29, 0.717) is 17.2 Å². The van der Waals surface area contributed by atoms with Crippen molar-refractivity contribution in [3.8, 4) is 5.75 Å². The van der Waals surface area contributed by atoms with Crippen LogP contribution in [-0.4, -0.2) is 12.0 Å². The SMILES string of the molecule is CCCCCCC(Oc1ccc(C(C)(C)CC)cc1Cl)C([NH])=O. The lowest BCUT2D eigenvalue weighted by molar-refractivity contribution is -0.125. The lowest BCUT2D eigenvalue weighted by atomic mass is 9.82. The Bertz CT molecular complexity index is 514. The molecule has 0 bridgehead atoms. The predicted molar refractivity (Wildman–Crippen MR) is 96.0 cm³/mol. The molecule has 0 saturated carbocycles. The van der Waals surface area contributed by atoms with Gasteiger partial charge in [0.25, 0.3) is 5.91 Å². The molecule has 0 aliphatic rings. The zero-order chi connectivity index (χ0) is 17.5. The predicted octanol–water partition coefficient (Wildman–Crippen LogP) is 5.55. The van der Waals surface area contributed by atoms with E-state index in [4.69, 9.17) is 22.1 Å². The molecule has 1 atom stereocenters. The van der Waals surface area contributed by atoms with Gasteiger partial charge in [0.1, 0.15) is 5.75 Å². The van der Waals surface area contributed by atoms with Crippen molar-refractivity contribution in [2.75, 3.05) is 0 Å². The molecule has 1 aromatic carbocycles. The third-order valence-electron chi connectivity index (χ3n) is 4.48. The Morgan fingerprint density at radius 3 is 2.48 bits per heavy atom. The van der Waals surface area contributed by atoms with Crippen molar-refractivity contribution in [3.05, 3.63) is 28.8 Å². The second-order valence-corrected chi connectivity index (χ2v) is 7.11. The van der Waals surface area contributed by atoms with Gasteiger partial charge in [-0.1, -0.05) is 64.6 Å². The molecule has 1 radical (unpaired) electrons. The van der Waals surface area contributed by atoms with Gasteiger partial charge in [0.2, 0.25) is 0 Å². The van der Waals surface area contributed by atoms with Crippen LogP contribution in [0, 0.1) is 0 Å². The Kier molecular flexibility index (Phi) is 7.90. The molecule has 3 nitrogen and oxygen atoms in total. The summed E-state index contributed by atoms with van der Waals surface area (Å²) in [5.41, 5.74) is 8.60. The molecule has 0 spiro atoms. The molecule has 0 saturated heterocycles. The highest BCUT2D eigenvalue weighted by Gasteiger charge is 2.22. The van der Waals surface area contributed by atoms with Gasteiger partial charge in [0.15, 0.2) is 6.10 Å². The van der Waals surface area contributed by atoms with E-state index in [1.165, 1.54) is 0 Å². The van der Waals surface area contributed by atoms with E-state index in [-0.39, 0.29) is 5.41 Å². The first kappa shape index (κ1) is 19.8. The fourth-order valence-electron chi connectivity index (χ4n) is 2.37. The van der Waals surface area contributed by atoms with E-state index in [2.05, 4.69) is 27.7 Å². The van der Waals surface area contributed by atoms with Gasteiger partial charge in [0, 0.05) is 0 Å². The molecule has 0 aromatic heterocycles. The molecule has 1 N–H and O–H groups in total. The minimum absolute atomic E-state index is 0.0486. The molecule has 4 heteroatoms. The lowest BCUT2D eigenvalue weighted by Gasteiger charge is -2.24. The summed E-state index contributed by atoms with van der Waals surface area (Å²) in [4.78, 5) is 11.5. The Morgan fingerprint density at radius 1 is 1.26 bits per heavy atom. The fraction of sp³-hybridized carbons (Fsp3) is 0.632. The molecule has 1 amide bonds. The van der Waals surface area contributed by atoms with Crippen molar-refractivity contribution in [2.24, 2.45) is 0 Å². The molecule has 1 aromatic rings.